The lowest BCUT2D eigenvalue weighted by Gasteiger charge is -2.04. The Bertz CT molecular complexity index is 904. The van der Waals surface area contributed by atoms with Crippen LogP contribution in [0.25, 0.3) is 11.4 Å². The first kappa shape index (κ1) is 13.0. The number of nitrogens with zero attached hydrogens (tertiary/aromatic N) is 2. The molecule has 0 fully saturated rings. The predicted molar refractivity (Wildman–Crippen MR) is 78.4 cm³/mol. The van der Waals surface area contributed by atoms with Crippen LogP contribution in [0.2, 0.25) is 0 Å². The third-order valence-electron chi connectivity index (χ3n) is 3.18. The number of phenols is 1. The molecule has 0 saturated carbocycles. The minimum atomic E-state index is -0.563. The highest BCUT2D eigenvalue weighted by Gasteiger charge is 2.14. The van der Waals surface area contributed by atoms with Gasteiger partial charge in [-0.25, -0.2) is 19.3 Å². The van der Waals surface area contributed by atoms with Crippen molar-refractivity contribution in [3.05, 3.63) is 75.1 Å². The van der Waals surface area contributed by atoms with E-state index in [4.69, 9.17) is 0 Å². The minimum absolute atomic E-state index is 0.0795. The van der Waals surface area contributed by atoms with Gasteiger partial charge in [0, 0.05) is 0 Å². The van der Waals surface area contributed by atoms with Crippen LogP contribution >= 0.6 is 0 Å². The number of rotatable bonds is 2. The Morgan fingerprint density at radius 2 is 1.76 bits per heavy atom. The van der Waals surface area contributed by atoms with Crippen LogP contribution in [-0.2, 0) is 0 Å². The number of aromatic amines is 1. The van der Waals surface area contributed by atoms with Crippen molar-refractivity contribution in [3.63, 3.8) is 0 Å². The van der Waals surface area contributed by atoms with Crippen molar-refractivity contribution in [1.29, 1.82) is 0 Å². The van der Waals surface area contributed by atoms with E-state index in [0.29, 0.717) is 5.69 Å². The van der Waals surface area contributed by atoms with Crippen LogP contribution in [0.5, 0.6) is 5.75 Å². The molecule has 0 saturated heterocycles. The van der Waals surface area contributed by atoms with Gasteiger partial charge >= 0.3 is 11.4 Å². The number of H-pyrrole nitrogens is 1. The van der Waals surface area contributed by atoms with E-state index in [0.717, 1.165) is 14.8 Å². The molecule has 1 heterocycles. The van der Waals surface area contributed by atoms with Gasteiger partial charge in [0.2, 0.25) is 0 Å². The fourth-order valence-corrected chi connectivity index (χ4v) is 2.16. The van der Waals surface area contributed by atoms with E-state index in [9.17, 15) is 14.7 Å². The zero-order valence-electron chi connectivity index (χ0n) is 11.3. The van der Waals surface area contributed by atoms with Crippen molar-refractivity contribution in [1.82, 2.24) is 14.3 Å². The zero-order valence-corrected chi connectivity index (χ0v) is 11.3. The second kappa shape index (κ2) is 4.82. The summed E-state index contributed by atoms with van der Waals surface area (Å²) in [6.45, 7) is 1.83. The Hall–Kier alpha value is -3.02. The maximum Gasteiger partial charge on any atom is 0.356 e. The summed E-state index contributed by atoms with van der Waals surface area (Å²) in [5.41, 5.74) is 0.448. The number of phenolic OH excluding ortho intramolecular Hbond substituents is 1. The summed E-state index contributed by atoms with van der Waals surface area (Å²) in [4.78, 5) is 24.5. The van der Waals surface area contributed by atoms with Crippen molar-refractivity contribution in [2.45, 2.75) is 6.92 Å². The van der Waals surface area contributed by atoms with Gasteiger partial charge in [-0.15, -0.1) is 0 Å². The second-order valence-corrected chi connectivity index (χ2v) is 4.70. The first-order valence-electron chi connectivity index (χ1n) is 6.37. The number of hydrogen-bond acceptors (Lipinski definition) is 3. The summed E-state index contributed by atoms with van der Waals surface area (Å²) in [5, 5.41) is 12.3. The van der Waals surface area contributed by atoms with Gasteiger partial charge in [0.25, 0.3) is 0 Å². The van der Waals surface area contributed by atoms with Gasteiger partial charge in [-0.1, -0.05) is 24.3 Å². The lowest BCUT2D eigenvalue weighted by molar-refractivity contribution is 0.469. The lowest BCUT2D eigenvalue weighted by atomic mass is 10.2. The highest BCUT2D eigenvalue weighted by atomic mass is 16.3. The third kappa shape index (κ3) is 2.16. The fourth-order valence-electron chi connectivity index (χ4n) is 2.16. The average molecular weight is 283 g/mol. The number of para-hydroxylation sites is 1. The molecule has 0 aliphatic heterocycles. The Morgan fingerprint density at radius 1 is 1.05 bits per heavy atom. The standard InChI is InChI=1S/C15H13N3O3/c1-10-7-8-13(19)12(9-10)18-15(21)17(14(20)16-18)11-5-3-2-4-6-11/h2-9,19H,1H3,(H,16,20). The SMILES string of the molecule is Cc1ccc(O)c(-n2[nH]c(=O)n(-c3ccccc3)c2=O)c1. The van der Waals surface area contributed by atoms with Crippen LogP contribution in [0.4, 0.5) is 0 Å². The van der Waals surface area contributed by atoms with Crippen molar-refractivity contribution in [3.8, 4) is 17.1 Å². The molecule has 0 spiro atoms. The summed E-state index contributed by atoms with van der Waals surface area (Å²) < 4.78 is 2.05. The molecular weight excluding hydrogens is 270 g/mol. The summed E-state index contributed by atoms with van der Waals surface area (Å²) in [5.74, 6) is -0.0795. The van der Waals surface area contributed by atoms with E-state index in [2.05, 4.69) is 5.10 Å². The van der Waals surface area contributed by atoms with Crippen molar-refractivity contribution in [2.24, 2.45) is 0 Å². The van der Waals surface area contributed by atoms with Gasteiger partial charge < -0.3 is 5.11 Å². The van der Waals surface area contributed by atoms with Gasteiger partial charge in [-0.2, -0.15) is 4.68 Å². The molecule has 21 heavy (non-hydrogen) atoms. The topological polar surface area (TPSA) is 80.0 Å². The minimum Gasteiger partial charge on any atom is -0.506 e. The molecule has 0 aliphatic carbocycles. The van der Waals surface area contributed by atoms with Gasteiger partial charge in [0.05, 0.1) is 5.69 Å². The van der Waals surface area contributed by atoms with E-state index in [1.54, 1.807) is 42.5 Å². The molecule has 6 nitrogen and oxygen atoms in total. The van der Waals surface area contributed by atoms with Crippen molar-refractivity contribution >= 4 is 0 Å². The summed E-state index contributed by atoms with van der Waals surface area (Å²) in [6.07, 6.45) is 0. The number of nitrogens with one attached hydrogen (secondary N) is 1. The molecule has 106 valence electrons. The molecule has 0 atom stereocenters. The number of aromatic hydroxyl groups is 1. The summed E-state index contributed by atoms with van der Waals surface area (Å²) in [6, 6.07) is 13.4. The molecule has 0 aliphatic rings. The van der Waals surface area contributed by atoms with Crippen LogP contribution in [0, 0.1) is 6.92 Å². The van der Waals surface area contributed by atoms with Crippen LogP contribution in [0.15, 0.2) is 58.1 Å². The first-order chi connectivity index (χ1) is 10.1. The van der Waals surface area contributed by atoms with Gasteiger partial charge in [0.15, 0.2) is 0 Å². The first-order valence-corrected chi connectivity index (χ1v) is 6.37. The molecule has 1 aromatic heterocycles. The van der Waals surface area contributed by atoms with Crippen LogP contribution in [0.1, 0.15) is 5.56 Å². The largest absolute Gasteiger partial charge is 0.506 e. The number of hydrogen-bond donors (Lipinski definition) is 2. The quantitative estimate of drug-likeness (QED) is 0.744. The van der Waals surface area contributed by atoms with Crippen molar-refractivity contribution in [2.75, 3.05) is 0 Å². The molecule has 2 aromatic carbocycles. The van der Waals surface area contributed by atoms with Crippen LogP contribution in [0.3, 0.4) is 0 Å². The van der Waals surface area contributed by atoms with Crippen LogP contribution < -0.4 is 11.4 Å². The lowest BCUT2D eigenvalue weighted by Crippen LogP contribution is -2.26. The molecule has 6 heteroatoms. The average Bonchev–Trinajstić information content (AvgIpc) is 2.77. The zero-order chi connectivity index (χ0) is 15.0. The predicted octanol–water partition coefficient (Wildman–Crippen LogP) is 1.33. The van der Waals surface area contributed by atoms with E-state index in [1.807, 2.05) is 6.92 Å². The smallest absolute Gasteiger partial charge is 0.356 e. The van der Waals surface area contributed by atoms with E-state index in [-0.39, 0.29) is 11.4 Å². The molecule has 3 aromatic rings. The molecule has 0 radical (unpaired) electrons. The molecule has 3 rings (SSSR count). The highest BCUT2D eigenvalue weighted by Crippen LogP contribution is 2.20. The Labute approximate surface area is 119 Å². The molecule has 2 N–H and O–H groups in total. The molecule has 0 bridgehead atoms. The fraction of sp³-hybridized carbons (Fsp3) is 0.0667. The number of benzene rings is 2. The van der Waals surface area contributed by atoms with E-state index >= 15 is 0 Å². The Balaban J connectivity index is 2.26. The van der Waals surface area contributed by atoms with E-state index < -0.39 is 11.4 Å². The van der Waals surface area contributed by atoms with Crippen molar-refractivity contribution < 1.29 is 5.11 Å². The normalized spacial score (nSPS) is 10.7. The van der Waals surface area contributed by atoms with Gasteiger partial charge in [-0.3, -0.25) is 0 Å². The highest BCUT2D eigenvalue weighted by molar-refractivity contribution is 5.47. The monoisotopic (exact) mass is 283 g/mol. The van der Waals surface area contributed by atoms with Crippen LogP contribution in [-0.4, -0.2) is 19.5 Å². The summed E-state index contributed by atoms with van der Waals surface area (Å²) in [7, 11) is 0. The van der Waals surface area contributed by atoms with Gasteiger partial charge in [0.1, 0.15) is 11.4 Å². The molecule has 0 unspecified atom stereocenters. The Morgan fingerprint density at radius 3 is 2.48 bits per heavy atom. The molecular formula is C15H13N3O3. The third-order valence-corrected chi connectivity index (χ3v) is 3.18. The maximum atomic E-state index is 12.4. The summed E-state index contributed by atoms with van der Waals surface area (Å²) >= 11 is 0. The molecule has 0 amide bonds. The second-order valence-electron chi connectivity index (χ2n) is 4.70. The maximum absolute atomic E-state index is 12.4. The van der Waals surface area contributed by atoms with Gasteiger partial charge in [-0.05, 0) is 36.8 Å². The Kier molecular flexibility index (Phi) is 2.98. The number of aryl methyl sites for hydroxylation is 1. The van der Waals surface area contributed by atoms with E-state index in [1.165, 1.54) is 6.07 Å². The number of aromatic nitrogens is 3.